The van der Waals surface area contributed by atoms with Crippen LogP contribution in [-0.4, -0.2) is 46.1 Å². The molecule has 49 heavy (non-hydrogen) atoms. The van der Waals surface area contributed by atoms with Crippen LogP contribution in [0.1, 0.15) is 27.9 Å². The molecular weight excluding hydrogens is 616 g/mol. The van der Waals surface area contributed by atoms with E-state index in [1.54, 1.807) is 4.52 Å². The summed E-state index contributed by atoms with van der Waals surface area (Å²) in [4.78, 5) is 4.23. The number of nitrogen functional groups attached to an aromatic ring is 1. The zero-order valence-electron chi connectivity index (χ0n) is 27.3. The van der Waals surface area contributed by atoms with Crippen LogP contribution >= 0.6 is 0 Å². The van der Waals surface area contributed by atoms with Gasteiger partial charge in [-0.15, -0.1) is 0 Å². The van der Waals surface area contributed by atoms with E-state index >= 15 is 0 Å². The smallest absolute Gasteiger partial charge is 0.163 e. The summed E-state index contributed by atoms with van der Waals surface area (Å²) in [6, 6.07) is 44.2. The van der Waals surface area contributed by atoms with Crippen LogP contribution in [0.15, 0.2) is 140 Å². The average Bonchev–Trinajstić information content (AvgIpc) is 3.73. The third-order valence-corrected chi connectivity index (χ3v) is 8.91. The molecule has 7 rings (SSSR count). The molecule has 1 aliphatic rings. The van der Waals surface area contributed by atoms with E-state index < -0.39 is 17.3 Å². The van der Waals surface area contributed by atoms with Gasteiger partial charge < -0.3 is 29.4 Å². The van der Waals surface area contributed by atoms with Crippen molar-refractivity contribution < 1.29 is 23.7 Å². The lowest BCUT2D eigenvalue weighted by Crippen LogP contribution is -2.56. The highest BCUT2D eigenvalue weighted by Crippen LogP contribution is 2.47. The highest BCUT2D eigenvalue weighted by atomic mass is 16.6. The number of rotatable bonds is 15. The van der Waals surface area contributed by atoms with E-state index in [1.165, 1.54) is 6.33 Å². The Morgan fingerprint density at radius 2 is 1.16 bits per heavy atom. The molecule has 2 aromatic heterocycles. The standard InChI is InChI=1S/C40H40N4O5/c41-37-35-21-22-36(44(35)43-30-42-37)40(48-26-34-19-11-4-12-20-34)29-49-39(27-45-23-31-13-5-1-6-14-31,28-46-24-32-15-7-2-8-16-32)38(40)47-25-33-17-9-3-10-18-33/h1-22,30,38H,23-29H2,(H2,41,42,43)/t38-,40-/m1/s1. The predicted octanol–water partition coefficient (Wildman–Crippen LogP) is 6.51. The van der Waals surface area contributed by atoms with Crippen molar-refractivity contribution >= 4 is 11.3 Å². The van der Waals surface area contributed by atoms with Gasteiger partial charge in [0.2, 0.25) is 0 Å². The molecule has 1 saturated heterocycles. The summed E-state index contributed by atoms with van der Waals surface area (Å²) in [5.41, 5.74) is 9.64. The summed E-state index contributed by atoms with van der Waals surface area (Å²) >= 11 is 0. The SMILES string of the molecule is Nc1ncnn2c([C@]3(OCc4ccccc4)COC(COCc4ccccc4)(COCc4ccccc4)[C@H]3OCc3ccccc3)ccc12. The number of fused-ring (bicyclic) bond motifs is 1. The minimum atomic E-state index is -1.15. The Hall–Kier alpha value is -4.90. The summed E-state index contributed by atoms with van der Waals surface area (Å²) in [6.45, 7) is 1.93. The van der Waals surface area contributed by atoms with Gasteiger partial charge in [-0.25, -0.2) is 9.50 Å². The minimum absolute atomic E-state index is 0.151. The van der Waals surface area contributed by atoms with Crippen LogP contribution in [-0.2, 0) is 55.7 Å². The quantitative estimate of drug-likeness (QED) is 0.134. The van der Waals surface area contributed by atoms with Gasteiger partial charge in [0.1, 0.15) is 23.5 Å². The molecule has 1 fully saturated rings. The third kappa shape index (κ3) is 7.27. The van der Waals surface area contributed by atoms with Crippen LogP contribution in [0.2, 0.25) is 0 Å². The number of aromatic nitrogens is 3. The lowest BCUT2D eigenvalue weighted by Gasteiger charge is -2.40. The first-order valence-electron chi connectivity index (χ1n) is 16.4. The maximum absolute atomic E-state index is 7.07. The summed E-state index contributed by atoms with van der Waals surface area (Å²) in [6.07, 6.45) is 0.746. The molecule has 0 unspecified atom stereocenters. The van der Waals surface area contributed by atoms with E-state index in [0.717, 1.165) is 27.9 Å². The largest absolute Gasteiger partial charge is 0.382 e. The van der Waals surface area contributed by atoms with Gasteiger partial charge in [-0.2, -0.15) is 5.10 Å². The molecule has 0 radical (unpaired) electrons. The Kier molecular flexibility index (Phi) is 10.1. The molecule has 3 heterocycles. The molecule has 9 nitrogen and oxygen atoms in total. The second-order valence-corrected chi connectivity index (χ2v) is 12.3. The molecule has 0 amide bonds. The minimum Gasteiger partial charge on any atom is -0.382 e. The van der Waals surface area contributed by atoms with Gasteiger partial charge in [-0.05, 0) is 34.4 Å². The first-order valence-corrected chi connectivity index (χ1v) is 16.4. The van der Waals surface area contributed by atoms with Crippen molar-refractivity contribution in [3.05, 3.63) is 168 Å². The summed E-state index contributed by atoms with van der Waals surface area (Å²) in [5, 5.41) is 4.62. The van der Waals surface area contributed by atoms with Gasteiger partial charge in [-0.1, -0.05) is 121 Å². The highest BCUT2D eigenvalue weighted by Gasteiger charge is 2.63. The molecule has 250 valence electrons. The summed E-state index contributed by atoms with van der Waals surface area (Å²) in [7, 11) is 0. The fourth-order valence-corrected chi connectivity index (χ4v) is 6.43. The molecule has 0 aliphatic carbocycles. The van der Waals surface area contributed by atoms with Crippen molar-refractivity contribution in [1.82, 2.24) is 14.6 Å². The van der Waals surface area contributed by atoms with E-state index in [2.05, 4.69) is 10.1 Å². The maximum Gasteiger partial charge on any atom is 0.163 e. The van der Waals surface area contributed by atoms with Crippen LogP contribution in [0.5, 0.6) is 0 Å². The van der Waals surface area contributed by atoms with Crippen LogP contribution in [0.25, 0.3) is 5.52 Å². The molecule has 6 aromatic rings. The molecule has 0 bridgehead atoms. The topological polar surface area (TPSA) is 102 Å². The second-order valence-electron chi connectivity index (χ2n) is 12.3. The summed E-state index contributed by atoms with van der Waals surface area (Å²) < 4.78 is 35.8. The van der Waals surface area contributed by atoms with Gasteiger partial charge >= 0.3 is 0 Å². The Balaban J connectivity index is 1.30. The van der Waals surface area contributed by atoms with Gasteiger partial charge in [-0.3, -0.25) is 0 Å². The van der Waals surface area contributed by atoms with Crippen molar-refractivity contribution in [3.8, 4) is 0 Å². The number of nitrogens with zero attached hydrogens (tertiary/aromatic N) is 3. The number of ether oxygens (including phenoxy) is 5. The van der Waals surface area contributed by atoms with Gasteiger partial charge in [0.15, 0.2) is 11.4 Å². The molecule has 1 aliphatic heterocycles. The van der Waals surface area contributed by atoms with Gasteiger partial charge in [0, 0.05) is 0 Å². The molecule has 0 saturated carbocycles. The number of anilines is 1. The summed E-state index contributed by atoms with van der Waals surface area (Å²) in [5.74, 6) is 0.365. The number of hydrogen-bond donors (Lipinski definition) is 1. The predicted molar refractivity (Wildman–Crippen MR) is 186 cm³/mol. The number of nitrogens with two attached hydrogens (primary N) is 1. The third-order valence-electron chi connectivity index (χ3n) is 8.91. The van der Waals surface area contributed by atoms with Crippen molar-refractivity contribution in [2.45, 2.75) is 43.7 Å². The zero-order chi connectivity index (χ0) is 33.4. The van der Waals surface area contributed by atoms with Crippen molar-refractivity contribution in [1.29, 1.82) is 0 Å². The fraction of sp³-hybridized carbons (Fsp3) is 0.250. The maximum atomic E-state index is 7.07. The Bertz CT molecular complexity index is 1860. The van der Waals surface area contributed by atoms with E-state index in [-0.39, 0.29) is 19.8 Å². The molecule has 0 spiro atoms. The van der Waals surface area contributed by atoms with E-state index in [1.807, 2.05) is 133 Å². The first-order chi connectivity index (χ1) is 24.2. The Labute approximate surface area is 286 Å². The number of hydrogen-bond acceptors (Lipinski definition) is 8. The highest BCUT2D eigenvalue weighted by molar-refractivity contribution is 5.65. The Morgan fingerprint density at radius 3 is 1.71 bits per heavy atom. The van der Waals surface area contributed by atoms with E-state index in [4.69, 9.17) is 29.4 Å². The second kappa shape index (κ2) is 15.1. The average molecular weight is 657 g/mol. The molecule has 2 atom stereocenters. The van der Waals surface area contributed by atoms with Crippen molar-refractivity contribution in [2.75, 3.05) is 25.6 Å². The zero-order valence-corrected chi connectivity index (χ0v) is 27.3. The molecule has 4 aromatic carbocycles. The monoisotopic (exact) mass is 656 g/mol. The van der Waals surface area contributed by atoms with Crippen LogP contribution in [0.4, 0.5) is 5.82 Å². The van der Waals surface area contributed by atoms with Crippen molar-refractivity contribution in [3.63, 3.8) is 0 Å². The van der Waals surface area contributed by atoms with Gasteiger partial charge in [0.05, 0.1) is 51.9 Å². The van der Waals surface area contributed by atoms with Crippen molar-refractivity contribution in [2.24, 2.45) is 0 Å². The van der Waals surface area contributed by atoms with Gasteiger partial charge in [0.25, 0.3) is 0 Å². The lowest BCUT2D eigenvalue weighted by atomic mass is 9.84. The van der Waals surface area contributed by atoms with Crippen LogP contribution < -0.4 is 5.73 Å². The number of benzene rings is 4. The van der Waals surface area contributed by atoms with E-state index in [0.29, 0.717) is 37.8 Å². The van der Waals surface area contributed by atoms with E-state index in [9.17, 15) is 0 Å². The van der Waals surface area contributed by atoms with Crippen LogP contribution in [0, 0.1) is 0 Å². The lowest BCUT2D eigenvalue weighted by molar-refractivity contribution is -0.192. The normalized spacial score (nSPS) is 18.6. The fourth-order valence-electron chi connectivity index (χ4n) is 6.43. The molecule has 9 heteroatoms. The van der Waals surface area contributed by atoms with Crippen LogP contribution in [0.3, 0.4) is 0 Å². The molecular formula is C40H40N4O5. The Morgan fingerprint density at radius 1 is 0.653 bits per heavy atom. The molecule has 2 N–H and O–H groups in total. The first kappa shape index (κ1) is 32.6.